The quantitative estimate of drug-likeness (QED) is 0.611. The summed E-state index contributed by atoms with van der Waals surface area (Å²) < 4.78 is 5.40. The Morgan fingerprint density at radius 3 is 2.65 bits per heavy atom. The fraction of sp³-hybridized carbons (Fsp3) is 0.360. The van der Waals surface area contributed by atoms with Crippen molar-refractivity contribution >= 4 is 41.0 Å². The van der Waals surface area contributed by atoms with Crippen LogP contribution in [0.15, 0.2) is 48.5 Å². The minimum Gasteiger partial charge on any atom is -0.452 e. The van der Waals surface area contributed by atoms with Gasteiger partial charge in [-0.25, -0.2) is 4.79 Å². The molecule has 8 nitrogen and oxygen atoms in total. The largest absolute Gasteiger partial charge is 0.452 e. The van der Waals surface area contributed by atoms with Gasteiger partial charge >= 0.3 is 5.97 Å². The van der Waals surface area contributed by atoms with Crippen molar-refractivity contribution in [3.63, 3.8) is 0 Å². The minimum atomic E-state index is -1.61. The number of hydrogen-bond donors (Lipinski definition) is 1. The van der Waals surface area contributed by atoms with Gasteiger partial charge in [0.25, 0.3) is 11.8 Å². The number of carbonyl (C=O) groups is 4. The first-order chi connectivity index (χ1) is 16.3. The Hall–Kier alpha value is -3.39. The highest BCUT2D eigenvalue weighted by molar-refractivity contribution is 6.30. The van der Waals surface area contributed by atoms with Crippen LogP contribution in [0, 0.1) is 0 Å². The van der Waals surface area contributed by atoms with Gasteiger partial charge in [0.05, 0.1) is 11.3 Å². The molecule has 0 radical (unpaired) electrons. The van der Waals surface area contributed by atoms with Gasteiger partial charge in [-0.15, -0.1) is 0 Å². The SMILES string of the molecule is CC(C)N1C(=O)c2ccccc2N2C(=O)CCC21C(=O)OCC(=O)NCCc1cccc(Cl)c1. The highest BCUT2D eigenvalue weighted by atomic mass is 35.5. The number of anilines is 1. The van der Waals surface area contributed by atoms with Crippen molar-refractivity contribution in [2.75, 3.05) is 18.1 Å². The molecule has 1 N–H and O–H groups in total. The second-order valence-corrected chi connectivity index (χ2v) is 9.07. The first kappa shape index (κ1) is 23.8. The highest BCUT2D eigenvalue weighted by Gasteiger charge is 2.62. The third-order valence-corrected chi connectivity index (χ3v) is 6.34. The molecule has 2 aromatic rings. The lowest BCUT2D eigenvalue weighted by Gasteiger charge is -2.50. The van der Waals surface area contributed by atoms with Crippen LogP contribution in [0.1, 0.15) is 42.6 Å². The Morgan fingerprint density at radius 2 is 1.91 bits per heavy atom. The normalized spacial score (nSPS) is 19.2. The fourth-order valence-corrected chi connectivity index (χ4v) is 4.92. The molecule has 178 valence electrons. The second-order valence-electron chi connectivity index (χ2n) is 8.64. The lowest BCUT2D eigenvalue weighted by molar-refractivity contribution is -0.161. The van der Waals surface area contributed by atoms with Crippen molar-refractivity contribution in [1.29, 1.82) is 0 Å². The van der Waals surface area contributed by atoms with E-state index in [0.29, 0.717) is 29.2 Å². The van der Waals surface area contributed by atoms with E-state index in [1.54, 1.807) is 44.2 Å². The molecule has 3 amide bonds. The van der Waals surface area contributed by atoms with Crippen molar-refractivity contribution in [3.05, 3.63) is 64.7 Å². The summed E-state index contributed by atoms with van der Waals surface area (Å²) in [5.74, 6) is -1.88. The monoisotopic (exact) mass is 483 g/mol. The van der Waals surface area contributed by atoms with Crippen LogP contribution < -0.4 is 10.2 Å². The van der Waals surface area contributed by atoms with Gasteiger partial charge in [-0.1, -0.05) is 35.9 Å². The topological polar surface area (TPSA) is 96.0 Å². The number of amides is 3. The van der Waals surface area contributed by atoms with E-state index >= 15 is 0 Å². The van der Waals surface area contributed by atoms with E-state index in [4.69, 9.17) is 16.3 Å². The van der Waals surface area contributed by atoms with Gasteiger partial charge in [-0.05, 0) is 50.1 Å². The van der Waals surface area contributed by atoms with Crippen LogP contribution in [0.5, 0.6) is 0 Å². The number of ether oxygens (including phenoxy) is 1. The lowest BCUT2D eigenvalue weighted by atomic mass is 9.95. The zero-order valence-electron chi connectivity index (χ0n) is 19.0. The van der Waals surface area contributed by atoms with Crippen LogP contribution in [0.25, 0.3) is 0 Å². The summed E-state index contributed by atoms with van der Waals surface area (Å²) >= 11 is 5.97. The van der Waals surface area contributed by atoms with E-state index in [1.165, 1.54) is 9.80 Å². The lowest BCUT2D eigenvalue weighted by Crippen LogP contribution is -2.70. The molecule has 0 aromatic heterocycles. The van der Waals surface area contributed by atoms with Crippen molar-refractivity contribution in [2.45, 2.75) is 44.8 Å². The van der Waals surface area contributed by atoms with Gasteiger partial charge in [-0.2, -0.15) is 0 Å². The third kappa shape index (κ3) is 4.14. The summed E-state index contributed by atoms with van der Waals surface area (Å²) in [6.45, 7) is 3.39. The van der Waals surface area contributed by atoms with Gasteiger partial charge in [-0.3, -0.25) is 19.3 Å². The molecule has 0 aliphatic carbocycles. The molecular weight excluding hydrogens is 458 g/mol. The first-order valence-electron chi connectivity index (χ1n) is 11.2. The minimum absolute atomic E-state index is 0.0891. The number of para-hydroxylation sites is 1. The molecule has 1 unspecified atom stereocenters. The number of benzene rings is 2. The number of halogens is 1. The predicted octanol–water partition coefficient (Wildman–Crippen LogP) is 2.93. The molecule has 0 saturated carbocycles. The molecule has 34 heavy (non-hydrogen) atoms. The van der Waals surface area contributed by atoms with E-state index in [0.717, 1.165) is 5.56 Å². The maximum atomic E-state index is 13.4. The van der Waals surface area contributed by atoms with Crippen molar-refractivity contribution in [2.24, 2.45) is 0 Å². The van der Waals surface area contributed by atoms with E-state index in [1.807, 2.05) is 18.2 Å². The maximum Gasteiger partial charge on any atom is 0.354 e. The van der Waals surface area contributed by atoms with Gasteiger partial charge in [0.2, 0.25) is 11.6 Å². The molecule has 0 bridgehead atoms. The molecule has 1 fully saturated rings. The molecular formula is C25H26ClN3O5. The van der Waals surface area contributed by atoms with Crippen molar-refractivity contribution in [3.8, 4) is 0 Å². The highest BCUT2D eigenvalue weighted by Crippen LogP contribution is 2.45. The molecule has 2 aliphatic rings. The van der Waals surface area contributed by atoms with Crippen LogP contribution in [-0.4, -0.2) is 53.4 Å². The molecule has 2 heterocycles. The zero-order chi connectivity index (χ0) is 24.5. The molecule has 0 spiro atoms. The summed E-state index contributed by atoms with van der Waals surface area (Å²) in [6, 6.07) is 13.7. The van der Waals surface area contributed by atoms with Crippen molar-refractivity contribution in [1.82, 2.24) is 10.2 Å². The summed E-state index contributed by atoms with van der Waals surface area (Å²) in [7, 11) is 0. The third-order valence-electron chi connectivity index (χ3n) is 6.10. The number of carbonyl (C=O) groups excluding carboxylic acids is 4. The number of fused-ring (bicyclic) bond motifs is 3. The Bertz CT molecular complexity index is 1150. The van der Waals surface area contributed by atoms with E-state index in [2.05, 4.69) is 5.32 Å². The molecule has 2 aliphatic heterocycles. The summed E-state index contributed by atoms with van der Waals surface area (Å²) in [4.78, 5) is 54.8. The second kappa shape index (κ2) is 9.46. The molecule has 1 atom stereocenters. The number of nitrogens with zero attached hydrogens (tertiary/aromatic N) is 2. The fourth-order valence-electron chi connectivity index (χ4n) is 4.71. The van der Waals surface area contributed by atoms with E-state index < -0.39 is 24.1 Å². The standard InChI is InChI=1S/C25H26ClN3O5/c1-16(2)28-23(32)19-8-3-4-9-20(19)29-22(31)10-12-25(28,29)24(33)34-15-21(30)27-13-11-17-6-5-7-18(26)14-17/h3-9,14,16H,10-13,15H2,1-2H3,(H,27,30). The molecule has 9 heteroatoms. The van der Waals surface area contributed by atoms with Gasteiger partial charge < -0.3 is 15.0 Å². The Labute approximate surface area is 202 Å². The predicted molar refractivity (Wildman–Crippen MR) is 126 cm³/mol. The molecule has 2 aromatic carbocycles. The van der Waals surface area contributed by atoms with Gasteiger partial charge in [0, 0.05) is 30.5 Å². The van der Waals surface area contributed by atoms with E-state index in [-0.39, 0.29) is 30.7 Å². The smallest absolute Gasteiger partial charge is 0.354 e. The van der Waals surface area contributed by atoms with Crippen LogP contribution in [0.4, 0.5) is 5.69 Å². The average Bonchev–Trinajstić information content (AvgIpc) is 3.15. The Kier molecular flexibility index (Phi) is 6.61. The average molecular weight is 484 g/mol. The zero-order valence-corrected chi connectivity index (χ0v) is 19.8. The summed E-state index contributed by atoms with van der Waals surface area (Å²) in [5, 5.41) is 3.33. The molecule has 1 saturated heterocycles. The van der Waals surface area contributed by atoms with Gasteiger partial charge in [0.15, 0.2) is 6.61 Å². The maximum absolute atomic E-state index is 13.4. The number of hydrogen-bond acceptors (Lipinski definition) is 5. The van der Waals surface area contributed by atoms with Crippen LogP contribution >= 0.6 is 11.6 Å². The summed E-state index contributed by atoms with van der Waals surface area (Å²) in [6.07, 6.45) is 0.754. The summed E-state index contributed by atoms with van der Waals surface area (Å²) in [5.41, 5.74) is 0.0943. The first-order valence-corrected chi connectivity index (χ1v) is 11.6. The van der Waals surface area contributed by atoms with E-state index in [9.17, 15) is 19.2 Å². The number of esters is 1. The number of nitrogens with one attached hydrogen (secondary N) is 1. The van der Waals surface area contributed by atoms with Crippen LogP contribution in [0.2, 0.25) is 5.02 Å². The Morgan fingerprint density at radius 1 is 1.15 bits per heavy atom. The van der Waals surface area contributed by atoms with Crippen LogP contribution in [-0.2, 0) is 25.5 Å². The van der Waals surface area contributed by atoms with Gasteiger partial charge in [0.1, 0.15) is 0 Å². The Balaban J connectivity index is 1.49. The van der Waals surface area contributed by atoms with Crippen LogP contribution in [0.3, 0.4) is 0 Å². The number of rotatable bonds is 7. The molecule has 4 rings (SSSR count). The van der Waals surface area contributed by atoms with Crippen molar-refractivity contribution < 1.29 is 23.9 Å².